The third-order valence-electron chi connectivity index (χ3n) is 4.23. The van der Waals surface area contributed by atoms with Crippen LogP contribution >= 0.6 is 15.9 Å². The molecule has 1 amide bonds. The van der Waals surface area contributed by atoms with Crippen molar-refractivity contribution in [3.8, 4) is 0 Å². The van der Waals surface area contributed by atoms with E-state index < -0.39 is 11.7 Å². The minimum Gasteiger partial charge on any atom is -0.354 e. The van der Waals surface area contributed by atoms with Gasteiger partial charge in [0, 0.05) is 29.8 Å². The summed E-state index contributed by atoms with van der Waals surface area (Å²) in [5.41, 5.74) is 0.157. The van der Waals surface area contributed by atoms with Crippen LogP contribution in [0, 0.1) is 0 Å². The van der Waals surface area contributed by atoms with Crippen LogP contribution in [0.25, 0.3) is 0 Å². The Hall–Kier alpha value is -2.09. The van der Waals surface area contributed by atoms with Gasteiger partial charge in [-0.2, -0.15) is 13.2 Å². The maximum absolute atomic E-state index is 12.6. The Morgan fingerprint density at radius 3 is 2.58 bits per heavy atom. The first-order chi connectivity index (χ1) is 12.3. The third-order valence-corrected chi connectivity index (χ3v) is 4.76. The summed E-state index contributed by atoms with van der Waals surface area (Å²) >= 11 is 3.35. The predicted molar refractivity (Wildman–Crippen MR) is 95.8 cm³/mol. The first-order valence-corrected chi connectivity index (χ1v) is 8.92. The van der Waals surface area contributed by atoms with Crippen LogP contribution in [0.5, 0.6) is 0 Å². The molecule has 0 aliphatic carbocycles. The number of carbonyl (C=O) groups is 1. The van der Waals surface area contributed by atoms with Crippen molar-refractivity contribution in [2.45, 2.75) is 25.1 Å². The molecule has 1 aromatic heterocycles. The molecular weight excluding hydrogens is 411 g/mol. The molecule has 2 heterocycles. The Balaban J connectivity index is 1.53. The molecular formula is C18H17BrF3N3O. The molecule has 0 saturated carbocycles. The first kappa shape index (κ1) is 18.7. The SMILES string of the molecule is O=C(Cc1ccc(Br)cc1)NC1CCN(c2ccc(C(F)(F)F)cn2)C1. The Morgan fingerprint density at radius 2 is 1.96 bits per heavy atom. The van der Waals surface area contributed by atoms with Crippen LogP contribution in [0.2, 0.25) is 0 Å². The second-order valence-corrected chi connectivity index (χ2v) is 7.12. The maximum Gasteiger partial charge on any atom is 0.417 e. The average Bonchev–Trinajstić information content (AvgIpc) is 3.04. The van der Waals surface area contributed by atoms with Gasteiger partial charge in [-0.3, -0.25) is 4.79 Å². The van der Waals surface area contributed by atoms with Crippen LogP contribution in [0.3, 0.4) is 0 Å². The number of hydrogen-bond donors (Lipinski definition) is 1. The van der Waals surface area contributed by atoms with Crippen molar-refractivity contribution in [2.75, 3.05) is 18.0 Å². The minimum atomic E-state index is -4.39. The number of alkyl halides is 3. The van der Waals surface area contributed by atoms with Crippen molar-refractivity contribution in [3.05, 3.63) is 58.2 Å². The van der Waals surface area contributed by atoms with Gasteiger partial charge in [-0.15, -0.1) is 0 Å². The Kier molecular flexibility index (Phi) is 5.50. The summed E-state index contributed by atoms with van der Waals surface area (Å²) in [7, 11) is 0. The predicted octanol–water partition coefficient (Wildman–Crippen LogP) is 3.80. The highest BCUT2D eigenvalue weighted by Crippen LogP contribution is 2.29. The molecule has 1 saturated heterocycles. The molecule has 0 radical (unpaired) electrons. The molecule has 1 fully saturated rings. The van der Waals surface area contributed by atoms with E-state index >= 15 is 0 Å². The number of amides is 1. The van der Waals surface area contributed by atoms with Gasteiger partial charge in [-0.05, 0) is 36.2 Å². The summed E-state index contributed by atoms with van der Waals surface area (Å²) in [4.78, 5) is 18.0. The fraction of sp³-hybridized carbons (Fsp3) is 0.333. The number of rotatable bonds is 4. The third kappa shape index (κ3) is 4.75. The summed E-state index contributed by atoms with van der Waals surface area (Å²) in [6.45, 7) is 1.17. The molecule has 1 atom stereocenters. The first-order valence-electron chi connectivity index (χ1n) is 8.13. The number of halogens is 4. The Labute approximate surface area is 157 Å². The molecule has 1 aliphatic rings. The number of nitrogens with zero attached hydrogens (tertiary/aromatic N) is 2. The van der Waals surface area contributed by atoms with Crippen molar-refractivity contribution in [1.29, 1.82) is 0 Å². The summed E-state index contributed by atoms with van der Waals surface area (Å²) in [5, 5.41) is 2.98. The second-order valence-electron chi connectivity index (χ2n) is 6.21. The van der Waals surface area contributed by atoms with E-state index in [0.29, 0.717) is 25.3 Å². The summed E-state index contributed by atoms with van der Waals surface area (Å²) < 4.78 is 38.8. The van der Waals surface area contributed by atoms with Gasteiger partial charge >= 0.3 is 6.18 Å². The normalized spacial score (nSPS) is 17.4. The Morgan fingerprint density at radius 1 is 1.23 bits per heavy atom. The monoisotopic (exact) mass is 427 g/mol. The quantitative estimate of drug-likeness (QED) is 0.806. The molecule has 1 N–H and O–H groups in total. The van der Waals surface area contributed by atoms with Gasteiger partial charge in [-0.25, -0.2) is 4.98 Å². The van der Waals surface area contributed by atoms with Crippen LogP contribution in [-0.4, -0.2) is 30.0 Å². The van der Waals surface area contributed by atoms with Gasteiger partial charge < -0.3 is 10.2 Å². The maximum atomic E-state index is 12.6. The summed E-state index contributed by atoms with van der Waals surface area (Å²) in [5.74, 6) is 0.419. The zero-order valence-corrected chi connectivity index (χ0v) is 15.3. The molecule has 8 heteroatoms. The zero-order chi connectivity index (χ0) is 18.7. The smallest absolute Gasteiger partial charge is 0.354 e. The molecule has 1 aliphatic heterocycles. The van der Waals surface area contributed by atoms with E-state index in [-0.39, 0.29) is 11.9 Å². The molecule has 138 valence electrons. The molecule has 0 bridgehead atoms. The van der Waals surface area contributed by atoms with E-state index in [0.717, 1.165) is 28.7 Å². The van der Waals surface area contributed by atoms with E-state index in [1.165, 1.54) is 6.07 Å². The number of benzene rings is 1. The van der Waals surface area contributed by atoms with Crippen molar-refractivity contribution in [2.24, 2.45) is 0 Å². The average molecular weight is 428 g/mol. The molecule has 26 heavy (non-hydrogen) atoms. The van der Waals surface area contributed by atoms with Gasteiger partial charge in [0.15, 0.2) is 0 Å². The molecule has 2 aromatic rings. The largest absolute Gasteiger partial charge is 0.417 e. The molecule has 0 spiro atoms. The second kappa shape index (κ2) is 7.65. The standard InChI is InChI=1S/C18H17BrF3N3O/c19-14-4-1-12(2-5-14)9-17(26)24-15-7-8-25(11-15)16-6-3-13(10-23-16)18(20,21)22/h1-6,10,15H,7-9,11H2,(H,24,26). The van der Waals surface area contributed by atoms with Crippen LogP contribution in [-0.2, 0) is 17.4 Å². The summed E-state index contributed by atoms with van der Waals surface area (Å²) in [6.07, 6.45) is -2.52. The fourth-order valence-corrected chi connectivity index (χ4v) is 3.16. The highest BCUT2D eigenvalue weighted by atomic mass is 79.9. The van der Waals surface area contributed by atoms with Gasteiger partial charge in [-0.1, -0.05) is 28.1 Å². The van der Waals surface area contributed by atoms with Crippen LogP contribution in [0.15, 0.2) is 47.1 Å². The van der Waals surface area contributed by atoms with Crippen LogP contribution in [0.1, 0.15) is 17.5 Å². The zero-order valence-electron chi connectivity index (χ0n) is 13.8. The van der Waals surface area contributed by atoms with E-state index in [1.807, 2.05) is 29.2 Å². The highest BCUT2D eigenvalue weighted by molar-refractivity contribution is 9.10. The van der Waals surface area contributed by atoms with Crippen molar-refractivity contribution in [1.82, 2.24) is 10.3 Å². The van der Waals surface area contributed by atoms with Crippen molar-refractivity contribution in [3.63, 3.8) is 0 Å². The Bertz CT molecular complexity index is 763. The molecule has 3 rings (SSSR count). The fourth-order valence-electron chi connectivity index (χ4n) is 2.89. The van der Waals surface area contributed by atoms with E-state index in [2.05, 4.69) is 26.2 Å². The topological polar surface area (TPSA) is 45.2 Å². The van der Waals surface area contributed by atoms with Gasteiger partial charge in [0.05, 0.1) is 12.0 Å². The number of hydrogen-bond acceptors (Lipinski definition) is 3. The number of nitrogens with one attached hydrogen (secondary N) is 1. The highest BCUT2D eigenvalue weighted by Gasteiger charge is 2.31. The number of carbonyl (C=O) groups excluding carboxylic acids is 1. The number of anilines is 1. The lowest BCUT2D eigenvalue weighted by atomic mass is 10.1. The summed E-state index contributed by atoms with van der Waals surface area (Å²) in [6, 6.07) is 9.90. The van der Waals surface area contributed by atoms with Crippen molar-refractivity contribution >= 4 is 27.7 Å². The van der Waals surface area contributed by atoms with Gasteiger partial charge in [0.1, 0.15) is 5.82 Å². The number of aromatic nitrogens is 1. The van der Waals surface area contributed by atoms with Gasteiger partial charge in [0.25, 0.3) is 0 Å². The lowest BCUT2D eigenvalue weighted by Gasteiger charge is -2.18. The van der Waals surface area contributed by atoms with E-state index in [9.17, 15) is 18.0 Å². The molecule has 4 nitrogen and oxygen atoms in total. The number of pyridine rings is 1. The van der Waals surface area contributed by atoms with Gasteiger partial charge in [0.2, 0.25) is 5.91 Å². The van der Waals surface area contributed by atoms with Crippen LogP contribution < -0.4 is 10.2 Å². The molecule has 1 aromatic carbocycles. The van der Waals surface area contributed by atoms with Crippen LogP contribution in [0.4, 0.5) is 19.0 Å². The lowest BCUT2D eigenvalue weighted by molar-refractivity contribution is -0.137. The molecule has 1 unspecified atom stereocenters. The van der Waals surface area contributed by atoms with E-state index in [4.69, 9.17) is 0 Å². The van der Waals surface area contributed by atoms with E-state index in [1.54, 1.807) is 0 Å². The van der Waals surface area contributed by atoms with Crippen molar-refractivity contribution < 1.29 is 18.0 Å². The minimum absolute atomic E-state index is 0.0398. The lowest BCUT2D eigenvalue weighted by Crippen LogP contribution is -2.38.